The number of aromatic nitrogens is 1. The number of pyridine rings is 1. The molecule has 0 atom stereocenters. The number of anilines is 3. The highest BCUT2D eigenvalue weighted by Crippen LogP contribution is 2.39. The molecule has 8 nitrogen and oxygen atoms in total. The summed E-state index contributed by atoms with van der Waals surface area (Å²) >= 11 is 0. The summed E-state index contributed by atoms with van der Waals surface area (Å²) in [6, 6.07) is 0.851. The first-order chi connectivity index (χ1) is 17.2. The smallest absolute Gasteiger partial charge is 0.391 e. The molecule has 1 aliphatic heterocycles. The van der Waals surface area contributed by atoms with Crippen LogP contribution in [-0.4, -0.2) is 73.8 Å². The monoisotopic (exact) mass is 538 g/mol. The number of carbonyl (C=O) groups is 2. The molecule has 14 heteroatoms. The average Bonchev–Trinajstić information content (AvgIpc) is 2.82. The van der Waals surface area contributed by atoms with Crippen LogP contribution in [0.25, 0.3) is 0 Å². The van der Waals surface area contributed by atoms with Crippen molar-refractivity contribution in [2.45, 2.75) is 56.9 Å². The zero-order valence-electron chi connectivity index (χ0n) is 20.7. The van der Waals surface area contributed by atoms with Crippen LogP contribution in [-0.2, 0) is 4.79 Å². The summed E-state index contributed by atoms with van der Waals surface area (Å²) in [5.41, 5.74) is 6.14. The Morgan fingerprint density at radius 2 is 1.54 bits per heavy atom. The molecule has 1 saturated heterocycles. The number of amides is 2. The number of alkyl halides is 6. The number of halogens is 6. The maximum absolute atomic E-state index is 13.2. The molecule has 0 unspecified atom stereocenters. The molecule has 0 aromatic carbocycles. The molecule has 2 heterocycles. The fraction of sp³-hybridized carbons (Fsp3) is 0.696. The maximum Gasteiger partial charge on any atom is 0.391 e. The van der Waals surface area contributed by atoms with Gasteiger partial charge in [0.2, 0.25) is 5.91 Å². The van der Waals surface area contributed by atoms with Gasteiger partial charge in [-0.3, -0.25) is 9.59 Å². The minimum atomic E-state index is -4.32. The van der Waals surface area contributed by atoms with Crippen molar-refractivity contribution in [3.05, 3.63) is 11.6 Å². The molecule has 0 spiro atoms. The van der Waals surface area contributed by atoms with Crippen LogP contribution in [0.5, 0.6) is 0 Å². The number of piperidine rings is 1. The molecule has 208 valence electrons. The molecule has 4 N–H and O–H groups in total. The van der Waals surface area contributed by atoms with Crippen LogP contribution >= 0.6 is 0 Å². The van der Waals surface area contributed by atoms with Gasteiger partial charge in [0.05, 0.1) is 29.6 Å². The van der Waals surface area contributed by atoms with Gasteiger partial charge < -0.3 is 26.2 Å². The van der Waals surface area contributed by atoms with Crippen molar-refractivity contribution in [3.8, 4) is 0 Å². The standard InChI is InChI=1S/C23H32F6N6O2/c1-34(2)18(36)12-31-19-17(30)11-16(20(33-19)35-9-7-14(8-10-35)23(27,28)29)21(37)32-15-5-3-13(4-6-15)22(24,25)26/h11,13-15H,3-10,12,30H2,1-2H3,(H,31,33)(H,32,37)/t13-,15-. The third-order valence-corrected chi connectivity index (χ3v) is 6.97. The number of nitrogen functional groups attached to an aromatic ring is 1. The fourth-order valence-electron chi connectivity index (χ4n) is 4.63. The van der Waals surface area contributed by atoms with Gasteiger partial charge in [-0.25, -0.2) is 4.98 Å². The molecule has 1 aromatic heterocycles. The van der Waals surface area contributed by atoms with E-state index in [1.165, 1.54) is 11.0 Å². The van der Waals surface area contributed by atoms with Crippen LogP contribution in [0.4, 0.5) is 43.7 Å². The Kier molecular flexibility index (Phi) is 8.68. The lowest BCUT2D eigenvalue weighted by Crippen LogP contribution is -2.42. The summed E-state index contributed by atoms with van der Waals surface area (Å²) in [5, 5.41) is 5.54. The van der Waals surface area contributed by atoms with Gasteiger partial charge in [0.15, 0.2) is 5.82 Å². The lowest BCUT2D eigenvalue weighted by atomic mass is 9.85. The quantitative estimate of drug-likeness (QED) is 0.477. The van der Waals surface area contributed by atoms with Crippen LogP contribution < -0.4 is 21.3 Å². The van der Waals surface area contributed by atoms with Gasteiger partial charge in [-0.2, -0.15) is 26.3 Å². The topological polar surface area (TPSA) is 104 Å². The van der Waals surface area contributed by atoms with Crippen molar-refractivity contribution in [1.29, 1.82) is 0 Å². The van der Waals surface area contributed by atoms with E-state index in [1.807, 2.05) is 0 Å². The Morgan fingerprint density at radius 1 is 1.00 bits per heavy atom. The number of carbonyl (C=O) groups excluding carboxylic acids is 2. The summed E-state index contributed by atoms with van der Waals surface area (Å²) in [6.45, 7) is -0.157. The normalized spacial score (nSPS) is 21.5. The second-order valence-electron chi connectivity index (χ2n) is 9.81. The fourth-order valence-corrected chi connectivity index (χ4v) is 4.63. The van der Waals surface area contributed by atoms with Gasteiger partial charge in [-0.1, -0.05) is 0 Å². The van der Waals surface area contributed by atoms with E-state index in [4.69, 9.17) is 5.73 Å². The average molecular weight is 539 g/mol. The molecule has 0 bridgehead atoms. The third kappa shape index (κ3) is 7.31. The minimum Gasteiger partial charge on any atom is -0.396 e. The molecule has 2 fully saturated rings. The lowest BCUT2D eigenvalue weighted by molar-refractivity contribution is -0.182. The van der Waals surface area contributed by atoms with E-state index >= 15 is 0 Å². The number of nitrogens with zero attached hydrogens (tertiary/aromatic N) is 3. The molecular formula is C23H32F6N6O2. The highest BCUT2D eigenvalue weighted by Gasteiger charge is 2.43. The molecule has 1 aromatic rings. The number of nitrogens with two attached hydrogens (primary N) is 1. The maximum atomic E-state index is 13.2. The van der Waals surface area contributed by atoms with Crippen molar-refractivity contribution in [2.75, 3.05) is 49.7 Å². The highest BCUT2D eigenvalue weighted by molar-refractivity contribution is 6.01. The molecule has 2 aliphatic rings. The lowest BCUT2D eigenvalue weighted by Gasteiger charge is -2.35. The van der Waals surface area contributed by atoms with E-state index in [0.717, 1.165) is 0 Å². The number of hydrogen-bond acceptors (Lipinski definition) is 6. The van der Waals surface area contributed by atoms with Gasteiger partial charge in [0.25, 0.3) is 5.91 Å². The zero-order valence-corrected chi connectivity index (χ0v) is 20.7. The summed E-state index contributed by atoms with van der Waals surface area (Å²) in [6.07, 6.45) is -8.87. The van der Waals surface area contributed by atoms with Crippen LogP contribution in [0.2, 0.25) is 0 Å². The van der Waals surface area contributed by atoms with Crippen molar-refractivity contribution in [1.82, 2.24) is 15.2 Å². The van der Waals surface area contributed by atoms with Crippen LogP contribution in [0.1, 0.15) is 48.9 Å². The Morgan fingerprint density at radius 3 is 2.05 bits per heavy atom. The van der Waals surface area contributed by atoms with Gasteiger partial charge in [-0.15, -0.1) is 0 Å². The second-order valence-corrected chi connectivity index (χ2v) is 9.81. The first-order valence-corrected chi connectivity index (χ1v) is 12.1. The summed E-state index contributed by atoms with van der Waals surface area (Å²) in [7, 11) is 3.12. The predicted octanol–water partition coefficient (Wildman–Crippen LogP) is 3.79. The molecule has 2 amide bonds. The highest BCUT2D eigenvalue weighted by atomic mass is 19.4. The number of nitrogens with one attached hydrogen (secondary N) is 2. The molecule has 1 aliphatic carbocycles. The first-order valence-electron chi connectivity index (χ1n) is 12.1. The van der Waals surface area contributed by atoms with E-state index in [0.29, 0.717) is 0 Å². The molecule has 3 rings (SSSR count). The Balaban J connectivity index is 1.81. The third-order valence-electron chi connectivity index (χ3n) is 6.97. The Hall–Kier alpha value is -2.93. The molecule has 1 saturated carbocycles. The number of rotatable bonds is 6. The van der Waals surface area contributed by atoms with Crippen molar-refractivity contribution in [2.24, 2.45) is 11.8 Å². The first kappa shape index (κ1) is 28.6. The SMILES string of the molecule is CN(C)C(=O)CNc1nc(N2CCC(C(F)(F)F)CC2)c(C(=O)N[C@H]2CC[C@H](C(F)(F)F)CC2)cc1N. The van der Waals surface area contributed by atoms with Crippen LogP contribution in [0.3, 0.4) is 0 Å². The largest absolute Gasteiger partial charge is 0.396 e. The van der Waals surface area contributed by atoms with Crippen molar-refractivity contribution < 1.29 is 35.9 Å². The van der Waals surface area contributed by atoms with E-state index in [1.54, 1.807) is 19.0 Å². The van der Waals surface area contributed by atoms with E-state index < -0.39 is 36.1 Å². The van der Waals surface area contributed by atoms with Gasteiger partial charge in [0.1, 0.15) is 5.82 Å². The number of likely N-dealkylation sites (N-methyl/N-ethyl adjacent to an activating group) is 1. The minimum absolute atomic E-state index is 0.00582. The number of hydrogen-bond donors (Lipinski definition) is 3. The molecule has 37 heavy (non-hydrogen) atoms. The van der Waals surface area contributed by atoms with E-state index in [-0.39, 0.29) is 87.0 Å². The van der Waals surface area contributed by atoms with E-state index in [2.05, 4.69) is 15.6 Å². The Bertz CT molecular complexity index is 968. The van der Waals surface area contributed by atoms with Crippen LogP contribution in [0, 0.1) is 11.8 Å². The summed E-state index contributed by atoms with van der Waals surface area (Å²) < 4.78 is 78.4. The van der Waals surface area contributed by atoms with Crippen molar-refractivity contribution in [3.63, 3.8) is 0 Å². The molecule has 0 radical (unpaired) electrons. The summed E-state index contributed by atoms with van der Waals surface area (Å²) in [4.78, 5) is 32.5. The van der Waals surface area contributed by atoms with E-state index in [9.17, 15) is 35.9 Å². The van der Waals surface area contributed by atoms with Gasteiger partial charge >= 0.3 is 12.4 Å². The van der Waals surface area contributed by atoms with Gasteiger partial charge in [0, 0.05) is 33.2 Å². The predicted molar refractivity (Wildman–Crippen MR) is 126 cm³/mol. The second kappa shape index (κ2) is 11.2. The zero-order chi connectivity index (χ0) is 27.5. The van der Waals surface area contributed by atoms with Crippen LogP contribution in [0.15, 0.2) is 6.07 Å². The Labute approximate surface area is 210 Å². The van der Waals surface area contributed by atoms with Gasteiger partial charge in [-0.05, 0) is 44.6 Å². The molecular weight excluding hydrogens is 506 g/mol. The summed E-state index contributed by atoms with van der Waals surface area (Å²) in [5.74, 6) is -3.54. The van der Waals surface area contributed by atoms with Crippen molar-refractivity contribution >= 4 is 29.1 Å².